The lowest BCUT2D eigenvalue weighted by molar-refractivity contribution is 0.696. The molecule has 0 atom stereocenters. The van der Waals surface area contributed by atoms with Crippen molar-refractivity contribution in [1.82, 2.24) is 9.78 Å². The Hall–Kier alpha value is -1.48. The van der Waals surface area contributed by atoms with E-state index in [9.17, 15) is 0 Å². The molecule has 0 fully saturated rings. The first kappa shape index (κ1) is 11.0. The van der Waals surface area contributed by atoms with Crippen LogP contribution in [0.4, 0.5) is 5.82 Å². The number of nitrogens with zero attached hydrogens (tertiary/aromatic N) is 2. The summed E-state index contributed by atoms with van der Waals surface area (Å²) in [6, 6.07) is 6.40. The zero-order valence-electron chi connectivity index (χ0n) is 9.37. The molecule has 0 spiro atoms. The third-order valence-corrected chi connectivity index (χ3v) is 2.74. The molecule has 2 rings (SSSR count). The number of nitrogens with two attached hydrogens (primary N) is 1. The highest BCUT2D eigenvalue weighted by atomic mass is 35.5. The van der Waals surface area contributed by atoms with E-state index >= 15 is 0 Å². The Morgan fingerprint density at radius 1 is 1.25 bits per heavy atom. The minimum atomic E-state index is 0.504. The molecule has 0 saturated carbocycles. The maximum atomic E-state index is 5.85. The summed E-state index contributed by atoms with van der Waals surface area (Å²) in [4.78, 5) is 0. The lowest BCUT2D eigenvalue weighted by atomic mass is 10.1. The smallest absolute Gasteiger partial charge is 0.140 e. The lowest BCUT2D eigenvalue weighted by Crippen LogP contribution is -2.06. The van der Waals surface area contributed by atoms with Crippen molar-refractivity contribution in [1.29, 1.82) is 0 Å². The number of aromatic nitrogens is 2. The van der Waals surface area contributed by atoms with Gasteiger partial charge in [-0.3, -0.25) is 0 Å². The molecule has 4 heteroatoms. The van der Waals surface area contributed by atoms with E-state index in [1.807, 2.05) is 0 Å². The Labute approximate surface area is 99.8 Å². The summed E-state index contributed by atoms with van der Waals surface area (Å²) in [5.41, 5.74) is 9.46. The predicted octanol–water partition coefficient (Wildman–Crippen LogP) is 2.78. The SMILES string of the molecule is Cc1cc(C)cc(Cn2ncc(Cl)c2N)c1. The van der Waals surface area contributed by atoms with Gasteiger partial charge in [-0.05, 0) is 19.4 Å². The van der Waals surface area contributed by atoms with Crippen LogP contribution in [0, 0.1) is 13.8 Å². The van der Waals surface area contributed by atoms with E-state index in [4.69, 9.17) is 17.3 Å². The first-order valence-corrected chi connectivity index (χ1v) is 5.48. The second-order valence-electron chi connectivity index (χ2n) is 4.03. The van der Waals surface area contributed by atoms with Crippen molar-refractivity contribution in [3.8, 4) is 0 Å². The summed E-state index contributed by atoms with van der Waals surface area (Å²) in [5.74, 6) is 0.515. The highest BCUT2D eigenvalue weighted by molar-refractivity contribution is 6.32. The number of nitrogen functional groups attached to an aromatic ring is 1. The summed E-state index contributed by atoms with van der Waals surface area (Å²) in [7, 11) is 0. The van der Waals surface area contributed by atoms with Crippen LogP contribution in [-0.4, -0.2) is 9.78 Å². The Bertz CT molecular complexity index is 497. The maximum absolute atomic E-state index is 5.85. The van der Waals surface area contributed by atoms with Crippen LogP contribution < -0.4 is 5.73 Å². The number of hydrogen-bond acceptors (Lipinski definition) is 2. The van der Waals surface area contributed by atoms with Crippen molar-refractivity contribution in [3.63, 3.8) is 0 Å². The minimum Gasteiger partial charge on any atom is -0.383 e. The molecule has 0 bridgehead atoms. The Balaban J connectivity index is 2.30. The van der Waals surface area contributed by atoms with Gasteiger partial charge in [-0.2, -0.15) is 5.10 Å². The standard InChI is InChI=1S/C12H14ClN3/c1-8-3-9(2)5-10(4-8)7-16-12(14)11(13)6-15-16/h3-6H,7,14H2,1-2H3. The molecule has 0 unspecified atom stereocenters. The van der Waals surface area contributed by atoms with Gasteiger partial charge in [0.1, 0.15) is 10.8 Å². The molecule has 0 radical (unpaired) electrons. The molecule has 3 nitrogen and oxygen atoms in total. The highest BCUT2D eigenvalue weighted by Crippen LogP contribution is 2.18. The van der Waals surface area contributed by atoms with E-state index in [0.717, 1.165) is 0 Å². The number of halogens is 1. The van der Waals surface area contributed by atoms with Gasteiger partial charge in [0.25, 0.3) is 0 Å². The molecular weight excluding hydrogens is 222 g/mol. The zero-order chi connectivity index (χ0) is 11.7. The molecule has 1 aromatic heterocycles. The second-order valence-corrected chi connectivity index (χ2v) is 4.44. The maximum Gasteiger partial charge on any atom is 0.140 e. The fourth-order valence-electron chi connectivity index (χ4n) is 1.83. The van der Waals surface area contributed by atoms with E-state index in [0.29, 0.717) is 17.4 Å². The Morgan fingerprint density at radius 2 is 1.88 bits per heavy atom. The van der Waals surface area contributed by atoms with Crippen molar-refractivity contribution in [2.75, 3.05) is 5.73 Å². The van der Waals surface area contributed by atoms with Crippen LogP contribution in [0.15, 0.2) is 24.4 Å². The third kappa shape index (κ3) is 2.19. The molecule has 0 aliphatic carbocycles. The van der Waals surface area contributed by atoms with Crippen LogP contribution in [0.2, 0.25) is 5.02 Å². The fourth-order valence-corrected chi connectivity index (χ4v) is 1.97. The van der Waals surface area contributed by atoms with Crippen LogP contribution in [0.3, 0.4) is 0 Å². The molecular formula is C12H14ClN3. The van der Waals surface area contributed by atoms with Crippen LogP contribution in [0.1, 0.15) is 16.7 Å². The average Bonchev–Trinajstić information content (AvgIpc) is 2.48. The number of aryl methyl sites for hydroxylation is 2. The summed E-state index contributed by atoms with van der Waals surface area (Å²) >= 11 is 5.85. The lowest BCUT2D eigenvalue weighted by Gasteiger charge is -2.06. The first-order valence-electron chi connectivity index (χ1n) is 5.10. The normalized spacial score (nSPS) is 10.7. The number of hydrogen-bond donors (Lipinski definition) is 1. The van der Waals surface area contributed by atoms with Gasteiger partial charge in [0.05, 0.1) is 12.7 Å². The highest BCUT2D eigenvalue weighted by Gasteiger charge is 2.05. The third-order valence-electron chi connectivity index (χ3n) is 2.45. The largest absolute Gasteiger partial charge is 0.383 e. The second kappa shape index (κ2) is 4.18. The van der Waals surface area contributed by atoms with Gasteiger partial charge >= 0.3 is 0 Å². The predicted molar refractivity (Wildman–Crippen MR) is 66.7 cm³/mol. The summed E-state index contributed by atoms with van der Waals surface area (Å²) in [6.45, 7) is 4.81. The van der Waals surface area contributed by atoms with Crippen LogP contribution in [0.5, 0.6) is 0 Å². The molecule has 0 saturated heterocycles. The molecule has 1 heterocycles. The first-order chi connectivity index (χ1) is 7.56. The van der Waals surface area contributed by atoms with Crippen molar-refractivity contribution in [2.45, 2.75) is 20.4 Å². The number of benzene rings is 1. The monoisotopic (exact) mass is 235 g/mol. The van der Waals surface area contributed by atoms with E-state index < -0.39 is 0 Å². The van der Waals surface area contributed by atoms with Gasteiger partial charge in [-0.15, -0.1) is 0 Å². The molecule has 1 aromatic carbocycles. The molecule has 16 heavy (non-hydrogen) atoms. The number of anilines is 1. The average molecular weight is 236 g/mol. The minimum absolute atomic E-state index is 0.504. The summed E-state index contributed by atoms with van der Waals surface area (Å²) in [6.07, 6.45) is 1.57. The van der Waals surface area contributed by atoms with Gasteiger partial charge in [0, 0.05) is 0 Å². The van der Waals surface area contributed by atoms with Gasteiger partial charge in [-0.1, -0.05) is 40.9 Å². The van der Waals surface area contributed by atoms with E-state index in [1.54, 1.807) is 10.9 Å². The van der Waals surface area contributed by atoms with Gasteiger partial charge in [0.2, 0.25) is 0 Å². The van der Waals surface area contributed by atoms with Crippen molar-refractivity contribution >= 4 is 17.4 Å². The molecule has 0 aliphatic heterocycles. The molecule has 2 N–H and O–H groups in total. The zero-order valence-corrected chi connectivity index (χ0v) is 10.1. The molecule has 2 aromatic rings. The summed E-state index contributed by atoms with van der Waals surface area (Å²) < 4.78 is 1.70. The summed E-state index contributed by atoms with van der Waals surface area (Å²) in [5, 5.41) is 4.63. The van der Waals surface area contributed by atoms with Gasteiger partial charge in [0.15, 0.2) is 0 Å². The van der Waals surface area contributed by atoms with Crippen LogP contribution in [0.25, 0.3) is 0 Å². The van der Waals surface area contributed by atoms with E-state index in [-0.39, 0.29) is 0 Å². The van der Waals surface area contributed by atoms with Crippen LogP contribution >= 0.6 is 11.6 Å². The fraction of sp³-hybridized carbons (Fsp3) is 0.250. The van der Waals surface area contributed by atoms with E-state index in [2.05, 4.69) is 37.1 Å². The molecule has 0 amide bonds. The van der Waals surface area contributed by atoms with E-state index in [1.165, 1.54) is 16.7 Å². The molecule has 0 aliphatic rings. The van der Waals surface area contributed by atoms with Crippen molar-refractivity contribution < 1.29 is 0 Å². The number of rotatable bonds is 2. The van der Waals surface area contributed by atoms with Crippen molar-refractivity contribution in [3.05, 3.63) is 46.1 Å². The van der Waals surface area contributed by atoms with Crippen molar-refractivity contribution in [2.24, 2.45) is 0 Å². The topological polar surface area (TPSA) is 43.8 Å². The Morgan fingerprint density at radius 3 is 2.38 bits per heavy atom. The van der Waals surface area contributed by atoms with Gasteiger partial charge in [-0.25, -0.2) is 4.68 Å². The van der Waals surface area contributed by atoms with Crippen LogP contribution in [-0.2, 0) is 6.54 Å². The quantitative estimate of drug-likeness (QED) is 0.870. The molecule has 84 valence electrons. The van der Waals surface area contributed by atoms with Gasteiger partial charge < -0.3 is 5.73 Å². The Kier molecular flexibility index (Phi) is 2.88.